The molecule has 200 valence electrons. The van der Waals surface area contributed by atoms with Crippen LogP contribution in [-0.2, 0) is 22.6 Å². The van der Waals surface area contributed by atoms with Crippen LogP contribution >= 0.6 is 23.2 Å². The summed E-state index contributed by atoms with van der Waals surface area (Å²) in [7, 11) is 0. The maximum absolute atomic E-state index is 13.8. The molecule has 38 heavy (non-hydrogen) atoms. The lowest BCUT2D eigenvalue weighted by molar-refractivity contribution is -0.143. The number of nitrogens with one attached hydrogen (secondary N) is 1. The topological polar surface area (TPSA) is 58.6 Å². The Bertz CT molecular complexity index is 1220. The Labute approximate surface area is 232 Å². The molecule has 0 spiro atoms. The third-order valence-corrected chi connectivity index (χ3v) is 7.34. The monoisotopic (exact) mass is 556 g/mol. The van der Waals surface area contributed by atoms with Crippen molar-refractivity contribution in [2.75, 3.05) is 6.61 Å². The van der Waals surface area contributed by atoms with Crippen LogP contribution in [0.1, 0.15) is 43.2 Å². The van der Waals surface area contributed by atoms with Crippen LogP contribution in [0, 0.1) is 5.82 Å². The fraction of sp³-hybridized carbons (Fsp3) is 0.333. The minimum atomic E-state index is -0.796. The normalized spacial score (nSPS) is 14.5. The number of rotatable bonds is 10. The van der Waals surface area contributed by atoms with Crippen LogP contribution in [0.2, 0.25) is 10.0 Å². The largest absolute Gasteiger partial charge is 0.484 e. The summed E-state index contributed by atoms with van der Waals surface area (Å²) in [5.74, 6) is -0.637. The summed E-state index contributed by atoms with van der Waals surface area (Å²) in [5, 5.41) is 4.08. The Balaban J connectivity index is 1.62. The standard InChI is InChI=1S/C30H31Cl2FN2O3/c31-23-12-11-22(27(32)18-23)19-35(29(36)20-38-26-15-13-24(33)14-16-26)28(17-21-7-3-1-4-8-21)30(37)34-25-9-5-2-6-10-25/h1,3-4,7-8,11-16,18,25,28H,2,5-6,9-10,17,19-20H2,(H,34,37). The SMILES string of the molecule is O=C(NC1CCCCC1)C(Cc1ccccc1)N(Cc1ccc(Cl)cc1Cl)C(=O)COc1ccc(F)cc1. The molecule has 0 aliphatic heterocycles. The van der Waals surface area contributed by atoms with Gasteiger partial charge in [0.25, 0.3) is 5.91 Å². The number of benzene rings is 3. The van der Waals surface area contributed by atoms with Crippen molar-refractivity contribution < 1.29 is 18.7 Å². The van der Waals surface area contributed by atoms with Gasteiger partial charge in [-0.3, -0.25) is 9.59 Å². The van der Waals surface area contributed by atoms with Gasteiger partial charge < -0.3 is 15.0 Å². The predicted octanol–water partition coefficient (Wildman–Crippen LogP) is 6.60. The van der Waals surface area contributed by atoms with Crippen molar-refractivity contribution in [1.82, 2.24) is 10.2 Å². The Morgan fingerprint density at radius 2 is 1.68 bits per heavy atom. The highest BCUT2D eigenvalue weighted by atomic mass is 35.5. The molecule has 0 saturated heterocycles. The molecular formula is C30H31Cl2FN2O3. The highest BCUT2D eigenvalue weighted by Crippen LogP contribution is 2.25. The number of carbonyl (C=O) groups is 2. The summed E-state index contributed by atoms with van der Waals surface area (Å²) in [6, 6.07) is 19.4. The first kappa shape index (κ1) is 27.9. The second-order valence-corrected chi connectivity index (χ2v) is 10.4. The number of hydrogen-bond donors (Lipinski definition) is 1. The Morgan fingerprint density at radius 1 is 0.974 bits per heavy atom. The highest BCUT2D eigenvalue weighted by molar-refractivity contribution is 6.35. The van der Waals surface area contributed by atoms with E-state index in [1.54, 1.807) is 18.2 Å². The van der Waals surface area contributed by atoms with E-state index in [9.17, 15) is 14.0 Å². The molecule has 8 heteroatoms. The molecule has 2 amide bonds. The summed E-state index contributed by atoms with van der Waals surface area (Å²) in [6.07, 6.45) is 5.49. The van der Waals surface area contributed by atoms with Gasteiger partial charge in [-0.05, 0) is 60.4 Å². The second kappa shape index (κ2) is 13.6. The Morgan fingerprint density at radius 3 is 2.37 bits per heavy atom. The van der Waals surface area contributed by atoms with Crippen LogP contribution in [-0.4, -0.2) is 35.4 Å². The van der Waals surface area contributed by atoms with Gasteiger partial charge in [-0.1, -0.05) is 78.9 Å². The number of ether oxygens (including phenoxy) is 1. The van der Waals surface area contributed by atoms with E-state index in [4.69, 9.17) is 27.9 Å². The van der Waals surface area contributed by atoms with Gasteiger partial charge in [-0.25, -0.2) is 4.39 Å². The Hall–Kier alpha value is -3.09. The molecule has 4 rings (SSSR count). The van der Waals surface area contributed by atoms with Crippen LogP contribution in [0.15, 0.2) is 72.8 Å². The van der Waals surface area contributed by atoms with E-state index in [0.717, 1.165) is 31.2 Å². The number of hydrogen-bond acceptors (Lipinski definition) is 3. The number of carbonyl (C=O) groups excluding carboxylic acids is 2. The third-order valence-electron chi connectivity index (χ3n) is 6.75. The minimum absolute atomic E-state index is 0.0843. The van der Waals surface area contributed by atoms with Gasteiger partial charge in [-0.15, -0.1) is 0 Å². The van der Waals surface area contributed by atoms with Crippen LogP contribution < -0.4 is 10.1 Å². The molecule has 3 aromatic carbocycles. The van der Waals surface area contributed by atoms with Crippen molar-refractivity contribution in [3.63, 3.8) is 0 Å². The first-order valence-electron chi connectivity index (χ1n) is 12.8. The van der Waals surface area contributed by atoms with E-state index < -0.39 is 11.9 Å². The van der Waals surface area contributed by atoms with Crippen molar-refractivity contribution in [2.24, 2.45) is 0 Å². The number of amides is 2. The lowest BCUT2D eigenvalue weighted by Crippen LogP contribution is -2.53. The maximum atomic E-state index is 13.8. The molecule has 1 aliphatic rings. The van der Waals surface area contributed by atoms with Gasteiger partial charge >= 0.3 is 0 Å². The van der Waals surface area contributed by atoms with Gasteiger partial charge in [0.05, 0.1) is 0 Å². The molecule has 1 fully saturated rings. The molecule has 0 aromatic heterocycles. The van der Waals surface area contributed by atoms with Crippen LogP contribution in [0.4, 0.5) is 4.39 Å². The molecule has 3 aromatic rings. The van der Waals surface area contributed by atoms with Gasteiger partial charge in [0.15, 0.2) is 6.61 Å². The van der Waals surface area contributed by atoms with Gasteiger partial charge in [-0.2, -0.15) is 0 Å². The van der Waals surface area contributed by atoms with Gasteiger partial charge in [0, 0.05) is 29.1 Å². The number of halogens is 3. The zero-order chi connectivity index (χ0) is 26.9. The fourth-order valence-corrected chi connectivity index (χ4v) is 5.16. The molecule has 1 aliphatic carbocycles. The Kier molecular flexibility index (Phi) is 10.0. The number of nitrogens with zero attached hydrogens (tertiary/aromatic N) is 1. The third kappa shape index (κ3) is 7.95. The molecule has 1 unspecified atom stereocenters. The molecule has 1 N–H and O–H groups in total. The fourth-order valence-electron chi connectivity index (χ4n) is 4.69. The van der Waals surface area contributed by atoms with Crippen molar-refractivity contribution >= 4 is 35.0 Å². The van der Waals surface area contributed by atoms with Crippen molar-refractivity contribution in [3.8, 4) is 5.75 Å². The van der Waals surface area contributed by atoms with E-state index in [0.29, 0.717) is 27.8 Å². The molecule has 0 heterocycles. The quantitative estimate of drug-likeness (QED) is 0.306. The smallest absolute Gasteiger partial charge is 0.261 e. The maximum Gasteiger partial charge on any atom is 0.261 e. The summed E-state index contributed by atoms with van der Waals surface area (Å²) in [5.41, 5.74) is 1.59. The van der Waals surface area contributed by atoms with Crippen LogP contribution in [0.3, 0.4) is 0 Å². The van der Waals surface area contributed by atoms with E-state index in [-0.39, 0.29) is 31.0 Å². The van der Waals surface area contributed by atoms with Crippen LogP contribution in [0.5, 0.6) is 5.75 Å². The molecule has 0 bridgehead atoms. The molecule has 1 atom stereocenters. The van der Waals surface area contributed by atoms with E-state index in [1.807, 2.05) is 30.3 Å². The second-order valence-electron chi connectivity index (χ2n) is 9.55. The van der Waals surface area contributed by atoms with E-state index >= 15 is 0 Å². The van der Waals surface area contributed by atoms with Gasteiger partial charge in [0.1, 0.15) is 17.6 Å². The van der Waals surface area contributed by atoms with E-state index in [2.05, 4.69) is 5.32 Å². The summed E-state index contributed by atoms with van der Waals surface area (Å²) in [4.78, 5) is 29.0. The molecular weight excluding hydrogens is 526 g/mol. The summed E-state index contributed by atoms with van der Waals surface area (Å²) >= 11 is 12.6. The van der Waals surface area contributed by atoms with Crippen molar-refractivity contribution in [1.29, 1.82) is 0 Å². The average Bonchev–Trinajstić information content (AvgIpc) is 2.92. The van der Waals surface area contributed by atoms with Crippen LogP contribution in [0.25, 0.3) is 0 Å². The zero-order valence-electron chi connectivity index (χ0n) is 21.0. The highest BCUT2D eigenvalue weighted by Gasteiger charge is 2.32. The van der Waals surface area contributed by atoms with Crippen molar-refractivity contribution in [2.45, 2.75) is 57.2 Å². The first-order chi connectivity index (χ1) is 18.4. The van der Waals surface area contributed by atoms with Gasteiger partial charge in [0.2, 0.25) is 5.91 Å². The average molecular weight is 557 g/mol. The zero-order valence-corrected chi connectivity index (χ0v) is 22.6. The lowest BCUT2D eigenvalue weighted by atomic mass is 9.94. The lowest BCUT2D eigenvalue weighted by Gasteiger charge is -2.33. The minimum Gasteiger partial charge on any atom is -0.484 e. The molecule has 0 radical (unpaired) electrons. The molecule has 1 saturated carbocycles. The van der Waals surface area contributed by atoms with Crippen molar-refractivity contribution in [3.05, 3.63) is 99.8 Å². The van der Waals surface area contributed by atoms with E-state index in [1.165, 1.54) is 35.6 Å². The summed E-state index contributed by atoms with van der Waals surface area (Å²) in [6.45, 7) is -0.226. The first-order valence-corrected chi connectivity index (χ1v) is 13.6. The summed E-state index contributed by atoms with van der Waals surface area (Å²) < 4.78 is 19.0. The predicted molar refractivity (Wildman–Crippen MR) is 148 cm³/mol. The molecule has 5 nitrogen and oxygen atoms in total.